The third-order valence-corrected chi connectivity index (χ3v) is 4.77. The van der Waals surface area contributed by atoms with Gasteiger partial charge >= 0.3 is 0 Å². The smallest absolute Gasteiger partial charge is 0.257 e. The Bertz CT molecular complexity index is 933. The quantitative estimate of drug-likeness (QED) is 0.467. The van der Waals surface area contributed by atoms with E-state index in [9.17, 15) is 4.79 Å². The zero-order valence-corrected chi connectivity index (χ0v) is 16.2. The highest BCUT2D eigenvalue weighted by atomic mass is 32.2. The van der Waals surface area contributed by atoms with E-state index in [-0.39, 0.29) is 11.7 Å². The van der Waals surface area contributed by atoms with Crippen LogP contribution in [0, 0.1) is 13.8 Å². The molecule has 3 rings (SSSR count). The summed E-state index contributed by atoms with van der Waals surface area (Å²) in [6, 6.07) is 9.39. The Morgan fingerprint density at radius 2 is 2.00 bits per heavy atom. The molecule has 0 saturated carbocycles. The molecule has 1 aromatic carbocycles. The van der Waals surface area contributed by atoms with Crippen LogP contribution in [-0.4, -0.2) is 43.4 Å². The van der Waals surface area contributed by atoms with E-state index in [1.807, 2.05) is 44.2 Å². The Hall–Kier alpha value is -3.01. The van der Waals surface area contributed by atoms with Crippen molar-refractivity contribution < 1.29 is 9.53 Å². The summed E-state index contributed by atoms with van der Waals surface area (Å²) in [5.74, 6) is 7.43. The number of nitrogens with zero attached hydrogens (tertiary/aromatic N) is 5. The zero-order chi connectivity index (χ0) is 19.4. The minimum atomic E-state index is -0.133. The van der Waals surface area contributed by atoms with Gasteiger partial charge in [0.05, 0.1) is 25.1 Å². The van der Waals surface area contributed by atoms with Crippen molar-refractivity contribution in [2.45, 2.75) is 25.5 Å². The molecule has 0 radical (unpaired) electrons. The maximum Gasteiger partial charge on any atom is 0.257 e. The first-order valence-corrected chi connectivity index (χ1v) is 9.23. The number of rotatable bonds is 7. The number of aryl methyl sites for hydroxylation is 2. The van der Waals surface area contributed by atoms with Crippen molar-refractivity contribution in [1.29, 1.82) is 0 Å². The Labute approximate surface area is 160 Å². The summed E-state index contributed by atoms with van der Waals surface area (Å²) >= 11 is 1.23. The van der Waals surface area contributed by atoms with Gasteiger partial charge in [-0.2, -0.15) is 5.10 Å². The van der Waals surface area contributed by atoms with Gasteiger partial charge in [0.2, 0.25) is 5.16 Å². The third kappa shape index (κ3) is 4.40. The van der Waals surface area contributed by atoms with E-state index < -0.39 is 0 Å². The second-order valence-electron chi connectivity index (χ2n) is 5.87. The molecule has 9 nitrogen and oxygen atoms in total. The van der Waals surface area contributed by atoms with Gasteiger partial charge in [0.1, 0.15) is 5.75 Å². The Morgan fingerprint density at radius 3 is 2.63 bits per heavy atom. The lowest BCUT2D eigenvalue weighted by Crippen LogP contribution is -2.19. The molecule has 0 aliphatic carbocycles. The van der Waals surface area contributed by atoms with Crippen LogP contribution in [0.4, 0.5) is 5.69 Å². The average molecular weight is 387 g/mol. The van der Waals surface area contributed by atoms with Crippen LogP contribution in [0.5, 0.6) is 5.75 Å². The van der Waals surface area contributed by atoms with Crippen LogP contribution in [0.15, 0.2) is 35.5 Å². The molecule has 0 aliphatic rings. The minimum absolute atomic E-state index is 0.133. The van der Waals surface area contributed by atoms with Gasteiger partial charge in [-0.15, -0.1) is 10.2 Å². The highest BCUT2D eigenvalue weighted by Gasteiger charge is 2.15. The molecule has 0 atom stereocenters. The first kappa shape index (κ1) is 18.8. The van der Waals surface area contributed by atoms with Gasteiger partial charge in [0.15, 0.2) is 5.82 Å². The van der Waals surface area contributed by atoms with E-state index in [2.05, 4.69) is 20.6 Å². The van der Waals surface area contributed by atoms with Crippen LogP contribution in [0.3, 0.4) is 0 Å². The lowest BCUT2D eigenvalue weighted by Gasteiger charge is -2.07. The van der Waals surface area contributed by atoms with E-state index in [4.69, 9.17) is 10.6 Å². The van der Waals surface area contributed by atoms with Crippen molar-refractivity contribution in [3.05, 3.63) is 47.5 Å². The highest BCUT2D eigenvalue weighted by Crippen LogP contribution is 2.18. The first-order chi connectivity index (χ1) is 13.0. The van der Waals surface area contributed by atoms with Crippen LogP contribution >= 0.6 is 11.8 Å². The highest BCUT2D eigenvalue weighted by molar-refractivity contribution is 7.99. The summed E-state index contributed by atoms with van der Waals surface area (Å²) in [6.07, 6.45) is 0. The summed E-state index contributed by atoms with van der Waals surface area (Å²) in [5, 5.41) is 16.0. The Morgan fingerprint density at radius 1 is 1.26 bits per heavy atom. The molecule has 2 aromatic heterocycles. The minimum Gasteiger partial charge on any atom is -0.497 e. The third-order valence-electron chi connectivity index (χ3n) is 3.85. The van der Waals surface area contributed by atoms with Crippen molar-refractivity contribution in [1.82, 2.24) is 24.7 Å². The summed E-state index contributed by atoms with van der Waals surface area (Å²) < 4.78 is 7.91. The second-order valence-corrected chi connectivity index (χ2v) is 6.81. The van der Waals surface area contributed by atoms with Crippen molar-refractivity contribution in [2.75, 3.05) is 24.0 Å². The second kappa shape index (κ2) is 8.12. The predicted molar refractivity (Wildman–Crippen MR) is 104 cm³/mol. The van der Waals surface area contributed by atoms with Gasteiger partial charge in [-0.1, -0.05) is 11.8 Å². The summed E-state index contributed by atoms with van der Waals surface area (Å²) in [6.45, 7) is 4.10. The number of ether oxygens (including phenoxy) is 1. The van der Waals surface area contributed by atoms with Crippen molar-refractivity contribution in [2.24, 2.45) is 0 Å². The van der Waals surface area contributed by atoms with Gasteiger partial charge in [0, 0.05) is 11.4 Å². The van der Waals surface area contributed by atoms with E-state index >= 15 is 0 Å². The molecule has 142 valence electrons. The van der Waals surface area contributed by atoms with E-state index in [1.54, 1.807) is 7.11 Å². The fourth-order valence-electron chi connectivity index (χ4n) is 2.48. The average Bonchev–Trinajstić information content (AvgIpc) is 3.19. The Balaban J connectivity index is 1.57. The molecule has 10 heteroatoms. The van der Waals surface area contributed by atoms with Crippen LogP contribution in [-0.2, 0) is 6.54 Å². The van der Waals surface area contributed by atoms with E-state index in [0.29, 0.717) is 17.5 Å². The van der Waals surface area contributed by atoms with Crippen molar-refractivity contribution in [3.63, 3.8) is 0 Å². The van der Waals surface area contributed by atoms with Gasteiger partial charge in [-0.05, 0) is 44.2 Å². The van der Waals surface area contributed by atoms with Crippen LogP contribution < -0.4 is 15.9 Å². The standard InChI is InChI=1S/C17H21N7O2S/c1-11-8-12(2)24(22-11)16(25)10-27-17-21-20-15(23(17)18)9-19-13-4-6-14(26-3)7-5-13/h4-8,19H,9-10,18H2,1-3H3. The number of anilines is 1. The topological polar surface area (TPSA) is 113 Å². The number of nitrogen functional groups attached to an aromatic ring is 1. The molecule has 2 heterocycles. The van der Waals surface area contributed by atoms with Gasteiger partial charge in [-0.3, -0.25) is 4.79 Å². The monoisotopic (exact) mass is 387 g/mol. The van der Waals surface area contributed by atoms with Gasteiger partial charge in [-0.25, -0.2) is 9.36 Å². The number of benzene rings is 1. The molecule has 0 amide bonds. The largest absolute Gasteiger partial charge is 0.497 e. The molecular weight excluding hydrogens is 366 g/mol. The number of hydrogen-bond donors (Lipinski definition) is 2. The lowest BCUT2D eigenvalue weighted by atomic mass is 10.3. The normalized spacial score (nSPS) is 10.8. The molecular formula is C17H21N7O2S. The van der Waals surface area contributed by atoms with Crippen molar-refractivity contribution in [3.8, 4) is 5.75 Å². The fraction of sp³-hybridized carbons (Fsp3) is 0.294. The Kier molecular flexibility index (Phi) is 5.65. The predicted octanol–water partition coefficient (Wildman–Crippen LogP) is 1.86. The molecule has 0 saturated heterocycles. The number of thioether (sulfide) groups is 1. The van der Waals surface area contributed by atoms with Crippen LogP contribution in [0.1, 0.15) is 22.0 Å². The summed E-state index contributed by atoms with van der Waals surface area (Å²) in [5.41, 5.74) is 2.52. The summed E-state index contributed by atoms with van der Waals surface area (Å²) in [4.78, 5) is 12.3. The number of nitrogens with one attached hydrogen (secondary N) is 1. The molecule has 0 fully saturated rings. The SMILES string of the molecule is COc1ccc(NCc2nnc(SCC(=O)n3nc(C)cc3C)n2N)cc1. The summed E-state index contributed by atoms with van der Waals surface area (Å²) in [7, 11) is 1.62. The number of carbonyl (C=O) groups excluding carboxylic acids is 1. The number of carbonyl (C=O) groups is 1. The van der Waals surface area contributed by atoms with Crippen LogP contribution in [0.25, 0.3) is 0 Å². The molecule has 0 bridgehead atoms. The fourth-order valence-corrected chi connectivity index (χ4v) is 3.20. The van der Waals surface area contributed by atoms with Gasteiger partial charge in [0.25, 0.3) is 5.91 Å². The maximum atomic E-state index is 12.3. The molecule has 3 aromatic rings. The zero-order valence-electron chi connectivity index (χ0n) is 15.3. The number of aromatic nitrogens is 5. The van der Waals surface area contributed by atoms with E-state index in [1.165, 1.54) is 21.1 Å². The van der Waals surface area contributed by atoms with Crippen molar-refractivity contribution >= 4 is 23.4 Å². The van der Waals surface area contributed by atoms with E-state index in [0.717, 1.165) is 22.8 Å². The number of nitrogens with two attached hydrogens (primary N) is 1. The molecule has 3 N–H and O–H groups in total. The molecule has 0 unspecified atom stereocenters. The molecule has 27 heavy (non-hydrogen) atoms. The molecule has 0 spiro atoms. The van der Waals surface area contributed by atoms with Gasteiger partial charge < -0.3 is 15.9 Å². The number of hydrogen-bond acceptors (Lipinski definition) is 8. The van der Waals surface area contributed by atoms with Crippen LogP contribution in [0.2, 0.25) is 0 Å². The first-order valence-electron chi connectivity index (χ1n) is 8.24. The number of methoxy groups -OCH3 is 1. The maximum absolute atomic E-state index is 12.3. The molecule has 0 aliphatic heterocycles. The lowest BCUT2D eigenvalue weighted by molar-refractivity contribution is 0.0924.